The van der Waals surface area contributed by atoms with Gasteiger partial charge in [-0.1, -0.05) is 24.8 Å². The molecule has 1 aliphatic heterocycles. The summed E-state index contributed by atoms with van der Waals surface area (Å²) in [6.45, 7) is 7.52. The zero-order valence-corrected chi connectivity index (χ0v) is 17.4. The van der Waals surface area contributed by atoms with Crippen molar-refractivity contribution in [2.24, 2.45) is 0 Å². The lowest BCUT2D eigenvalue weighted by molar-refractivity contribution is -0.142. The van der Waals surface area contributed by atoms with Gasteiger partial charge >= 0.3 is 5.97 Å². The van der Waals surface area contributed by atoms with E-state index in [-0.39, 0.29) is 11.7 Å². The summed E-state index contributed by atoms with van der Waals surface area (Å²) in [7, 11) is 0. The molecule has 144 valence electrons. The zero-order valence-electron chi connectivity index (χ0n) is 15.8. The van der Waals surface area contributed by atoms with Crippen LogP contribution in [0, 0.1) is 0 Å². The van der Waals surface area contributed by atoms with Crippen molar-refractivity contribution < 1.29 is 9.53 Å². The normalized spacial score (nSPS) is 16.3. The molecule has 0 unspecified atom stereocenters. The summed E-state index contributed by atoms with van der Waals surface area (Å²) in [5, 5.41) is 5.67. The summed E-state index contributed by atoms with van der Waals surface area (Å²) < 4.78 is 5.45. The van der Waals surface area contributed by atoms with Gasteiger partial charge in [-0.3, -0.25) is 4.79 Å². The average Bonchev–Trinajstić information content (AvgIpc) is 3.12. The lowest BCUT2D eigenvalue weighted by atomic mass is 9.86. The van der Waals surface area contributed by atoms with Crippen LogP contribution in [0.15, 0.2) is 38.7 Å². The van der Waals surface area contributed by atoms with Crippen molar-refractivity contribution in [2.75, 3.05) is 11.1 Å². The predicted molar refractivity (Wildman–Crippen MR) is 110 cm³/mol. The third-order valence-electron chi connectivity index (χ3n) is 4.05. The number of esters is 1. The van der Waals surface area contributed by atoms with E-state index in [1.54, 1.807) is 0 Å². The van der Waals surface area contributed by atoms with E-state index < -0.39 is 11.9 Å². The fourth-order valence-electron chi connectivity index (χ4n) is 2.99. The van der Waals surface area contributed by atoms with E-state index in [1.807, 2.05) is 38.3 Å². The number of fused-ring (bicyclic) bond motifs is 1. The van der Waals surface area contributed by atoms with Crippen LogP contribution in [0.3, 0.4) is 0 Å². The molecule has 2 aromatic rings. The van der Waals surface area contributed by atoms with Crippen molar-refractivity contribution in [3.8, 4) is 0 Å². The number of aromatic amines is 1. The number of carbonyl (C=O) groups is 1. The van der Waals surface area contributed by atoms with Crippen LogP contribution in [0.4, 0.5) is 5.82 Å². The van der Waals surface area contributed by atoms with Gasteiger partial charge in [0.05, 0.1) is 23.2 Å². The van der Waals surface area contributed by atoms with Gasteiger partial charge < -0.3 is 15.0 Å². The number of nitrogens with one attached hydrogen (secondary N) is 2. The molecule has 0 aromatic carbocycles. The Balaban J connectivity index is 2.13. The Morgan fingerprint density at radius 1 is 1.44 bits per heavy atom. The molecule has 2 aromatic heterocycles. The first-order valence-corrected chi connectivity index (χ1v) is 10.8. The molecule has 0 spiro atoms. The second kappa shape index (κ2) is 8.31. The van der Waals surface area contributed by atoms with E-state index in [4.69, 9.17) is 4.74 Å². The Hall–Kier alpha value is -2.06. The van der Waals surface area contributed by atoms with Gasteiger partial charge in [-0.2, -0.15) is 0 Å². The smallest absolute Gasteiger partial charge is 0.337 e. The molecule has 8 heteroatoms. The monoisotopic (exact) mass is 405 g/mol. The quantitative estimate of drug-likeness (QED) is 0.427. The molecule has 0 fully saturated rings. The molecule has 2 N–H and O–H groups in total. The van der Waals surface area contributed by atoms with Crippen LogP contribution >= 0.6 is 23.1 Å². The molecule has 0 aliphatic carbocycles. The molecule has 0 amide bonds. The van der Waals surface area contributed by atoms with Crippen LogP contribution in [-0.4, -0.2) is 27.8 Å². The van der Waals surface area contributed by atoms with Crippen molar-refractivity contribution >= 4 is 34.9 Å². The average molecular weight is 406 g/mol. The Morgan fingerprint density at radius 3 is 2.85 bits per heavy atom. The van der Waals surface area contributed by atoms with E-state index in [2.05, 4.69) is 22.2 Å². The van der Waals surface area contributed by atoms with Gasteiger partial charge in [0.25, 0.3) is 5.56 Å². The SMILES string of the molecule is CCCSc1nc2c(c(=O)[nH]1)[C@H](c1cccs1)C(C(=O)OC(C)C)=C(C)N2. The lowest BCUT2D eigenvalue weighted by Crippen LogP contribution is -2.31. The number of anilines is 1. The molecule has 0 saturated heterocycles. The minimum Gasteiger partial charge on any atom is -0.460 e. The van der Waals surface area contributed by atoms with Crippen LogP contribution in [-0.2, 0) is 9.53 Å². The standard InChI is InChI=1S/C19H23N3O3S2/c1-5-8-27-19-21-16-15(17(23)22-19)14(12-7-6-9-26-12)13(11(4)20-16)18(24)25-10(2)3/h6-7,9-10,14H,5,8H2,1-4H3,(H2,20,21,22,23)/t14-/m1/s1. The van der Waals surface area contributed by atoms with Crippen LogP contribution in [0.5, 0.6) is 0 Å². The fourth-order valence-corrected chi connectivity index (χ4v) is 4.55. The predicted octanol–water partition coefficient (Wildman–Crippen LogP) is 4.12. The highest BCUT2D eigenvalue weighted by atomic mass is 32.2. The van der Waals surface area contributed by atoms with Crippen molar-refractivity contribution in [1.82, 2.24) is 9.97 Å². The second-order valence-electron chi connectivity index (χ2n) is 6.55. The highest BCUT2D eigenvalue weighted by Crippen LogP contribution is 2.41. The molecule has 0 saturated carbocycles. The Bertz CT molecular complexity index is 917. The summed E-state index contributed by atoms with van der Waals surface area (Å²) in [6, 6.07) is 3.84. The number of nitrogens with zero attached hydrogens (tertiary/aromatic N) is 1. The van der Waals surface area contributed by atoms with E-state index in [0.717, 1.165) is 17.1 Å². The van der Waals surface area contributed by atoms with E-state index in [1.165, 1.54) is 23.1 Å². The molecular weight excluding hydrogens is 382 g/mol. The minimum atomic E-state index is -0.492. The number of aromatic nitrogens is 2. The molecule has 1 atom stereocenters. The molecule has 0 radical (unpaired) electrons. The van der Waals surface area contributed by atoms with Crippen molar-refractivity contribution in [2.45, 2.75) is 51.3 Å². The number of carbonyl (C=O) groups excluding carboxylic acids is 1. The number of thioether (sulfide) groups is 1. The number of hydrogen-bond donors (Lipinski definition) is 2. The molecular formula is C19H23N3O3S2. The summed E-state index contributed by atoms with van der Waals surface area (Å²) in [5.41, 5.74) is 1.35. The molecule has 3 rings (SSSR count). The third kappa shape index (κ3) is 4.11. The Morgan fingerprint density at radius 2 is 2.22 bits per heavy atom. The van der Waals surface area contributed by atoms with Crippen LogP contribution < -0.4 is 10.9 Å². The number of allylic oxidation sites excluding steroid dienone is 1. The molecule has 3 heterocycles. The molecule has 6 nitrogen and oxygen atoms in total. The van der Waals surface area contributed by atoms with Gasteiger partial charge in [-0.25, -0.2) is 9.78 Å². The molecule has 27 heavy (non-hydrogen) atoms. The van der Waals surface area contributed by atoms with E-state index in [0.29, 0.717) is 27.8 Å². The number of rotatable bonds is 6. The maximum Gasteiger partial charge on any atom is 0.337 e. The Labute approximate surface area is 166 Å². The van der Waals surface area contributed by atoms with E-state index >= 15 is 0 Å². The van der Waals surface area contributed by atoms with Gasteiger partial charge in [-0.05, 0) is 38.6 Å². The van der Waals surface area contributed by atoms with Crippen LogP contribution in [0.1, 0.15) is 50.5 Å². The summed E-state index contributed by atoms with van der Waals surface area (Å²) in [5.74, 6) is 0.475. The largest absolute Gasteiger partial charge is 0.460 e. The Kier molecular flexibility index (Phi) is 6.06. The fraction of sp³-hybridized carbons (Fsp3) is 0.421. The topological polar surface area (TPSA) is 84.1 Å². The number of hydrogen-bond acceptors (Lipinski definition) is 7. The van der Waals surface area contributed by atoms with E-state index in [9.17, 15) is 9.59 Å². The van der Waals surface area contributed by atoms with Crippen molar-refractivity contribution in [3.63, 3.8) is 0 Å². The van der Waals surface area contributed by atoms with Gasteiger partial charge in [0.15, 0.2) is 5.16 Å². The summed E-state index contributed by atoms with van der Waals surface area (Å²) in [6.07, 6.45) is 0.744. The summed E-state index contributed by atoms with van der Waals surface area (Å²) >= 11 is 3.02. The van der Waals surface area contributed by atoms with Crippen molar-refractivity contribution in [1.29, 1.82) is 0 Å². The number of H-pyrrole nitrogens is 1. The highest BCUT2D eigenvalue weighted by Gasteiger charge is 2.37. The maximum atomic E-state index is 12.9. The van der Waals surface area contributed by atoms with Gasteiger partial charge in [0.2, 0.25) is 0 Å². The molecule has 1 aliphatic rings. The number of thiophene rings is 1. The summed E-state index contributed by atoms with van der Waals surface area (Å²) in [4.78, 5) is 34.1. The van der Waals surface area contributed by atoms with Gasteiger partial charge in [0.1, 0.15) is 5.82 Å². The zero-order chi connectivity index (χ0) is 19.6. The minimum absolute atomic E-state index is 0.230. The first kappa shape index (κ1) is 19.7. The van der Waals surface area contributed by atoms with Gasteiger partial charge in [0, 0.05) is 16.3 Å². The molecule has 0 bridgehead atoms. The van der Waals surface area contributed by atoms with Crippen molar-refractivity contribution in [3.05, 3.63) is 49.6 Å². The van der Waals surface area contributed by atoms with Gasteiger partial charge in [-0.15, -0.1) is 11.3 Å². The first-order valence-electron chi connectivity index (χ1n) is 8.91. The maximum absolute atomic E-state index is 12.9. The third-order valence-corrected chi connectivity index (χ3v) is 6.07. The van der Waals surface area contributed by atoms with Crippen LogP contribution in [0.25, 0.3) is 0 Å². The van der Waals surface area contributed by atoms with Crippen LogP contribution in [0.2, 0.25) is 0 Å². The lowest BCUT2D eigenvalue weighted by Gasteiger charge is -2.28. The first-order chi connectivity index (χ1) is 12.9. The number of ether oxygens (including phenoxy) is 1. The second-order valence-corrected chi connectivity index (χ2v) is 8.61. The highest BCUT2D eigenvalue weighted by molar-refractivity contribution is 7.99.